The topological polar surface area (TPSA) is 105 Å². The van der Waals surface area contributed by atoms with Gasteiger partial charge in [-0.2, -0.15) is 0 Å². The molecule has 34 heavy (non-hydrogen) atoms. The maximum atomic E-state index is 12.5. The lowest BCUT2D eigenvalue weighted by atomic mass is 9.98. The maximum absolute atomic E-state index is 12.5. The fraction of sp³-hybridized carbons (Fsp3) is 0.192. The fourth-order valence-corrected chi connectivity index (χ4v) is 4.46. The van der Waals surface area contributed by atoms with Gasteiger partial charge in [-0.1, -0.05) is 55.5 Å². The molecule has 0 aromatic heterocycles. The van der Waals surface area contributed by atoms with Crippen LogP contribution in [0.4, 0.5) is 10.5 Å². The fourth-order valence-electron chi connectivity index (χ4n) is 3.99. The summed E-state index contributed by atoms with van der Waals surface area (Å²) < 4.78 is 6.22. The first-order valence-corrected chi connectivity index (χ1v) is 11.9. The summed E-state index contributed by atoms with van der Waals surface area (Å²) in [6.45, 7) is 1.95. The van der Waals surface area contributed by atoms with Crippen LogP contribution in [0.3, 0.4) is 0 Å². The Morgan fingerprint density at radius 2 is 1.62 bits per heavy atom. The van der Waals surface area contributed by atoms with E-state index in [0.29, 0.717) is 9.26 Å². The highest BCUT2D eigenvalue weighted by atomic mass is 127. The van der Waals surface area contributed by atoms with Gasteiger partial charge in [0, 0.05) is 16.0 Å². The summed E-state index contributed by atoms with van der Waals surface area (Å²) in [7, 11) is 0. The number of anilines is 1. The van der Waals surface area contributed by atoms with Crippen molar-refractivity contribution < 1.29 is 24.2 Å². The van der Waals surface area contributed by atoms with Gasteiger partial charge >= 0.3 is 12.1 Å². The van der Waals surface area contributed by atoms with Crippen LogP contribution in [0, 0.1) is 9.49 Å². The van der Waals surface area contributed by atoms with Gasteiger partial charge in [0.05, 0.1) is 17.2 Å². The van der Waals surface area contributed by atoms with Crippen LogP contribution in [0.1, 0.15) is 34.3 Å². The van der Waals surface area contributed by atoms with E-state index < -0.39 is 18.0 Å². The van der Waals surface area contributed by atoms with Crippen molar-refractivity contribution in [3.05, 3.63) is 87.0 Å². The third kappa shape index (κ3) is 5.06. The number of alkyl carbamates (subject to hydrolysis) is 1. The second-order valence-corrected chi connectivity index (χ2v) is 9.26. The molecule has 7 nitrogen and oxygen atoms in total. The van der Waals surface area contributed by atoms with Crippen LogP contribution < -0.4 is 10.6 Å². The van der Waals surface area contributed by atoms with E-state index in [1.165, 1.54) is 12.1 Å². The number of fused-ring (bicyclic) bond motifs is 3. The number of carbonyl (C=O) groups is 3. The summed E-state index contributed by atoms with van der Waals surface area (Å²) in [5.41, 5.74) is 5.06. The summed E-state index contributed by atoms with van der Waals surface area (Å²) in [6, 6.07) is 20.7. The average molecular weight is 570 g/mol. The first-order valence-electron chi connectivity index (χ1n) is 10.8. The van der Waals surface area contributed by atoms with Crippen LogP contribution in [0.25, 0.3) is 11.1 Å². The standard InChI is InChI=1S/C26H23IN2O5/c1-15(24(30)29-23-12-16(25(31)32)10-11-22(23)27)13-28-26(33)34-14-21-19-8-4-2-6-17(19)18-7-3-5-9-20(18)21/h2-12,15,21H,13-14H2,1H3,(H,28,33)(H,29,30)(H,31,32). The summed E-state index contributed by atoms with van der Waals surface area (Å²) in [6.07, 6.45) is -0.594. The van der Waals surface area contributed by atoms with Crippen LogP contribution in [0.2, 0.25) is 0 Å². The van der Waals surface area contributed by atoms with Gasteiger partial charge in [-0.3, -0.25) is 4.79 Å². The predicted molar refractivity (Wildman–Crippen MR) is 137 cm³/mol. The van der Waals surface area contributed by atoms with Crippen molar-refractivity contribution in [1.82, 2.24) is 5.32 Å². The van der Waals surface area contributed by atoms with Crippen molar-refractivity contribution in [2.45, 2.75) is 12.8 Å². The maximum Gasteiger partial charge on any atom is 0.407 e. The number of carbonyl (C=O) groups excluding carboxylic acids is 2. The Balaban J connectivity index is 1.31. The molecular formula is C26H23IN2O5. The highest BCUT2D eigenvalue weighted by molar-refractivity contribution is 14.1. The van der Waals surface area contributed by atoms with E-state index in [0.717, 1.165) is 22.3 Å². The lowest BCUT2D eigenvalue weighted by Crippen LogP contribution is -2.35. The molecule has 8 heteroatoms. The molecule has 0 saturated carbocycles. The second-order valence-electron chi connectivity index (χ2n) is 8.10. The van der Waals surface area contributed by atoms with Crippen molar-refractivity contribution in [2.75, 3.05) is 18.5 Å². The monoisotopic (exact) mass is 570 g/mol. The molecule has 174 valence electrons. The van der Waals surface area contributed by atoms with Crippen molar-refractivity contribution >= 4 is 46.2 Å². The van der Waals surface area contributed by atoms with Crippen molar-refractivity contribution in [2.24, 2.45) is 5.92 Å². The van der Waals surface area contributed by atoms with Gasteiger partial charge in [0.2, 0.25) is 5.91 Å². The van der Waals surface area contributed by atoms with E-state index in [-0.39, 0.29) is 30.5 Å². The molecule has 3 aromatic rings. The highest BCUT2D eigenvalue weighted by Gasteiger charge is 2.29. The molecule has 2 amide bonds. The Labute approximate surface area is 210 Å². The van der Waals surface area contributed by atoms with Crippen molar-refractivity contribution in [3.8, 4) is 11.1 Å². The van der Waals surface area contributed by atoms with Gasteiger partial charge in [-0.05, 0) is 63.0 Å². The summed E-state index contributed by atoms with van der Waals surface area (Å²) in [5, 5.41) is 14.5. The Kier molecular flexibility index (Phi) is 7.16. The normalized spacial score (nSPS) is 12.9. The molecule has 0 heterocycles. The Morgan fingerprint density at radius 1 is 1.00 bits per heavy atom. The first-order chi connectivity index (χ1) is 16.3. The lowest BCUT2D eigenvalue weighted by molar-refractivity contribution is -0.119. The number of benzene rings is 3. The summed E-state index contributed by atoms with van der Waals surface area (Å²) in [5.74, 6) is -2.00. The van der Waals surface area contributed by atoms with Gasteiger partial charge in [0.1, 0.15) is 6.61 Å². The minimum atomic E-state index is -1.07. The van der Waals surface area contributed by atoms with E-state index in [4.69, 9.17) is 9.84 Å². The minimum absolute atomic E-state index is 0.0394. The zero-order chi connectivity index (χ0) is 24.2. The van der Waals surface area contributed by atoms with Crippen LogP contribution in [-0.2, 0) is 9.53 Å². The van der Waals surface area contributed by atoms with E-state index in [1.54, 1.807) is 13.0 Å². The number of carboxylic acids is 1. The number of ether oxygens (including phenoxy) is 1. The molecule has 1 aliphatic rings. The number of rotatable bonds is 7. The molecule has 0 radical (unpaired) electrons. The lowest BCUT2D eigenvalue weighted by Gasteiger charge is -2.16. The molecule has 1 unspecified atom stereocenters. The smallest absolute Gasteiger partial charge is 0.407 e. The zero-order valence-electron chi connectivity index (χ0n) is 18.4. The predicted octanol–water partition coefficient (Wildman–Crippen LogP) is 5.10. The SMILES string of the molecule is CC(CNC(=O)OCC1c2ccccc2-c2ccccc21)C(=O)Nc1cc(C(=O)O)ccc1I. The van der Waals surface area contributed by atoms with Gasteiger partial charge in [-0.25, -0.2) is 9.59 Å². The Morgan fingerprint density at radius 3 is 2.24 bits per heavy atom. The van der Waals surface area contributed by atoms with E-state index in [2.05, 4.69) is 22.8 Å². The van der Waals surface area contributed by atoms with Crippen LogP contribution in [0.15, 0.2) is 66.7 Å². The first kappa shape index (κ1) is 23.7. The minimum Gasteiger partial charge on any atom is -0.478 e. The molecule has 3 aromatic carbocycles. The number of nitrogens with one attached hydrogen (secondary N) is 2. The quantitative estimate of drug-likeness (QED) is 0.343. The molecular weight excluding hydrogens is 547 g/mol. The van der Waals surface area contributed by atoms with Gasteiger partial charge in [0.25, 0.3) is 0 Å². The van der Waals surface area contributed by atoms with Crippen LogP contribution in [0.5, 0.6) is 0 Å². The number of hydrogen-bond acceptors (Lipinski definition) is 4. The van der Waals surface area contributed by atoms with Crippen molar-refractivity contribution in [3.63, 3.8) is 0 Å². The Hall–Kier alpha value is -3.40. The Bertz CT molecular complexity index is 1210. The zero-order valence-corrected chi connectivity index (χ0v) is 20.5. The third-order valence-corrected chi connectivity index (χ3v) is 6.76. The largest absolute Gasteiger partial charge is 0.478 e. The van der Waals surface area contributed by atoms with E-state index in [1.807, 2.05) is 59.0 Å². The molecule has 0 bridgehead atoms. The summed E-state index contributed by atoms with van der Waals surface area (Å²) in [4.78, 5) is 36.1. The van der Waals surface area contributed by atoms with Gasteiger partial charge in [-0.15, -0.1) is 0 Å². The molecule has 0 aliphatic heterocycles. The molecule has 1 atom stereocenters. The third-order valence-electron chi connectivity index (χ3n) is 5.82. The number of aromatic carboxylic acids is 1. The molecule has 3 N–H and O–H groups in total. The van der Waals surface area contributed by atoms with E-state index >= 15 is 0 Å². The van der Waals surface area contributed by atoms with Crippen molar-refractivity contribution in [1.29, 1.82) is 0 Å². The molecule has 0 spiro atoms. The van der Waals surface area contributed by atoms with Crippen LogP contribution >= 0.6 is 22.6 Å². The van der Waals surface area contributed by atoms with E-state index in [9.17, 15) is 14.4 Å². The van der Waals surface area contributed by atoms with Gasteiger partial charge < -0.3 is 20.5 Å². The van der Waals surface area contributed by atoms with Gasteiger partial charge in [0.15, 0.2) is 0 Å². The molecule has 0 fully saturated rings. The number of amides is 2. The summed E-state index contributed by atoms with van der Waals surface area (Å²) >= 11 is 2.02. The number of halogens is 1. The molecule has 0 saturated heterocycles. The molecule has 1 aliphatic carbocycles. The second kappa shape index (κ2) is 10.3. The molecule has 4 rings (SSSR count). The highest BCUT2D eigenvalue weighted by Crippen LogP contribution is 2.44. The number of carboxylic acid groups (broad SMARTS) is 1. The average Bonchev–Trinajstić information content (AvgIpc) is 3.16. The van der Waals surface area contributed by atoms with Crippen LogP contribution in [-0.4, -0.2) is 36.2 Å². The number of hydrogen-bond donors (Lipinski definition) is 3.